The van der Waals surface area contributed by atoms with Gasteiger partial charge in [-0.3, -0.25) is 0 Å². The molecule has 1 aromatic carbocycles. The molecule has 1 aromatic rings. The SMILES string of the molecule is O=C(O)c1cc(O)c(OC2OC(CO)C(O)C(O)C2O)c(O)c1. The van der Waals surface area contributed by atoms with Crippen LogP contribution in [0.1, 0.15) is 10.4 Å². The monoisotopic (exact) mass is 332 g/mol. The molecule has 5 atom stereocenters. The molecule has 1 heterocycles. The number of benzene rings is 1. The first-order valence-electron chi connectivity index (χ1n) is 6.52. The molecule has 2 rings (SSSR count). The molecule has 0 amide bonds. The Labute approximate surface area is 129 Å². The third-order valence-corrected chi connectivity index (χ3v) is 3.38. The highest BCUT2D eigenvalue weighted by molar-refractivity contribution is 5.89. The summed E-state index contributed by atoms with van der Waals surface area (Å²) in [5, 5.41) is 66.4. The fourth-order valence-electron chi connectivity index (χ4n) is 2.12. The maximum Gasteiger partial charge on any atom is 0.335 e. The molecule has 5 unspecified atom stereocenters. The van der Waals surface area contributed by atoms with Crippen LogP contribution in [0, 0.1) is 0 Å². The quantitative estimate of drug-likeness (QED) is 0.325. The van der Waals surface area contributed by atoms with Crippen molar-refractivity contribution in [1.82, 2.24) is 0 Å². The Morgan fingerprint density at radius 1 is 1.09 bits per heavy atom. The van der Waals surface area contributed by atoms with Gasteiger partial charge < -0.3 is 45.2 Å². The summed E-state index contributed by atoms with van der Waals surface area (Å²) in [7, 11) is 0. The van der Waals surface area contributed by atoms with E-state index in [1.165, 1.54) is 0 Å². The lowest BCUT2D eigenvalue weighted by molar-refractivity contribution is -0.277. The van der Waals surface area contributed by atoms with Gasteiger partial charge in [0.05, 0.1) is 12.2 Å². The van der Waals surface area contributed by atoms with Crippen LogP contribution in [-0.4, -0.2) is 79.0 Å². The minimum Gasteiger partial charge on any atom is -0.504 e. The van der Waals surface area contributed by atoms with Crippen molar-refractivity contribution in [2.75, 3.05) is 6.61 Å². The first-order valence-corrected chi connectivity index (χ1v) is 6.52. The van der Waals surface area contributed by atoms with Gasteiger partial charge in [0.25, 0.3) is 0 Å². The van der Waals surface area contributed by atoms with Crippen molar-refractivity contribution in [3.05, 3.63) is 17.7 Å². The number of aromatic hydroxyl groups is 2. The third kappa shape index (κ3) is 3.30. The number of carboxylic acids is 1. The molecule has 0 spiro atoms. The highest BCUT2D eigenvalue weighted by atomic mass is 16.7. The number of phenolic OH excluding ortho intramolecular Hbond substituents is 2. The average Bonchev–Trinajstić information content (AvgIpc) is 2.50. The number of rotatable bonds is 4. The molecule has 0 saturated carbocycles. The van der Waals surface area contributed by atoms with Crippen molar-refractivity contribution in [2.45, 2.75) is 30.7 Å². The predicted molar refractivity (Wildman–Crippen MR) is 71.1 cm³/mol. The molecule has 0 radical (unpaired) electrons. The van der Waals surface area contributed by atoms with Gasteiger partial charge in [-0.1, -0.05) is 0 Å². The lowest BCUT2D eigenvalue weighted by Crippen LogP contribution is -2.60. The zero-order valence-electron chi connectivity index (χ0n) is 11.6. The molecule has 7 N–H and O–H groups in total. The van der Waals surface area contributed by atoms with Crippen molar-refractivity contribution in [3.63, 3.8) is 0 Å². The first-order chi connectivity index (χ1) is 10.8. The van der Waals surface area contributed by atoms with Crippen LogP contribution in [-0.2, 0) is 4.74 Å². The number of carbonyl (C=O) groups is 1. The van der Waals surface area contributed by atoms with E-state index in [0.717, 1.165) is 12.1 Å². The number of aliphatic hydroxyl groups is 4. The Kier molecular flexibility index (Phi) is 4.92. The number of hydrogen-bond donors (Lipinski definition) is 7. The van der Waals surface area contributed by atoms with Crippen molar-refractivity contribution >= 4 is 5.97 Å². The standard InChI is InChI=1S/C13H16O10/c14-3-7-8(17)9(18)10(19)13(22-7)23-11-5(15)1-4(12(20)21)2-6(11)16/h1-2,7-10,13-19H,3H2,(H,20,21). The average molecular weight is 332 g/mol. The molecule has 1 aliphatic rings. The Bertz CT molecular complexity index is 563. The second kappa shape index (κ2) is 6.56. The van der Waals surface area contributed by atoms with E-state index in [1.807, 2.05) is 0 Å². The van der Waals surface area contributed by atoms with E-state index in [4.69, 9.17) is 19.7 Å². The van der Waals surface area contributed by atoms with Gasteiger partial charge in [0.15, 0.2) is 11.5 Å². The van der Waals surface area contributed by atoms with Gasteiger partial charge in [-0.05, 0) is 12.1 Å². The van der Waals surface area contributed by atoms with Gasteiger partial charge >= 0.3 is 5.97 Å². The Morgan fingerprint density at radius 2 is 1.65 bits per heavy atom. The van der Waals surface area contributed by atoms with Crippen molar-refractivity contribution in [1.29, 1.82) is 0 Å². The summed E-state index contributed by atoms with van der Waals surface area (Å²) < 4.78 is 10.1. The molecule has 0 aromatic heterocycles. The normalized spacial score (nSPS) is 30.9. The maximum absolute atomic E-state index is 10.8. The summed E-state index contributed by atoms with van der Waals surface area (Å²) in [4.78, 5) is 10.8. The number of phenols is 2. The van der Waals surface area contributed by atoms with Gasteiger partial charge in [-0.25, -0.2) is 4.79 Å². The minimum absolute atomic E-state index is 0.402. The van der Waals surface area contributed by atoms with Crippen LogP contribution in [0.4, 0.5) is 0 Å². The predicted octanol–water partition coefficient (Wildman–Crippen LogP) is -2.03. The van der Waals surface area contributed by atoms with E-state index in [1.54, 1.807) is 0 Å². The largest absolute Gasteiger partial charge is 0.504 e. The maximum atomic E-state index is 10.8. The van der Waals surface area contributed by atoms with Crippen LogP contribution in [0.5, 0.6) is 17.2 Å². The van der Waals surface area contributed by atoms with Gasteiger partial charge in [-0.2, -0.15) is 0 Å². The lowest BCUT2D eigenvalue weighted by Gasteiger charge is -2.39. The molecule has 1 aliphatic heterocycles. The van der Waals surface area contributed by atoms with Gasteiger partial charge in [0.1, 0.15) is 24.4 Å². The fourth-order valence-corrected chi connectivity index (χ4v) is 2.12. The van der Waals surface area contributed by atoms with Gasteiger partial charge in [0.2, 0.25) is 12.0 Å². The molecule has 10 heteroatoms. The summed E-state index contributed by atoms with van der Waals surface area (Å²) in [6, 6.07) is 1.61. The third-order valence-electron chi connectivity index (χ3n) is 3.38. The van der Waals surface area contributed by atoms with Crippen LogP contribution < -0.4 is 4.74 Å². The van der Waals surface area contributed by atoms with Crippen LogP contribution in [0.25, 0.3) is 0 Å². The summed E-state index contributed by atoms with van der Waals surface area (Å²) in [5.74, 6) is -3.45. The first kappa shape index (κ1) is 17.2. The molecular formula is C13H16O10. The molecule has 23 heavy (non-hydrogen) atoms. The number of carboxylic acid groups (broad SMARTS) is 1. The lowest BCUT2D eigenvalue weighted by atomic mass is 9.99. The topological polar surface area (TPSA) is 177 Å². The molecule has 0 bridgehead atoms. The van der Waals surface area contributed by atoms with E-state index in [-0.39, 0.29) is 0 Å². The molecule has 1 fully saturated rings. The number of aliphatic hydroxyl groups excluding tert-OH is 4. The molecular weight excluding hydrogens is 316 g/mol. The zero-order valence-corrected chi connectivity index (χ0v) is 11.6. The van der Waals surface area contributed by atoms with E-state index >= 15 is 0 Å². The van der Waals surface area contributed by atoms with E-state index < -0.39 is 66.1 Å². The zero-order chi connectivity index (χ0) is 17.3. The van der Waals surface area contributed by atoms with Crippen LogP contribution in [0.3, 0.4) is 0 Å². The minimum atomic E-state index is -1.74. The van der Waals surface area contributed by atoms with E-state index in [2.05, 4.69) is 0 Å². The van der Waals surface area contributed by atoms with Gasteiger partial charge in [-0.15, -0.1) is 0 Å². The summed E-state index contributed by atoms with van der Waals surface area (Å²) in [6.45, 7) is -0.680. The molecule has 0 aliphatic carbocycles. The second-order valence-corrected chi connectivity index (χ2v) is 4.96. The Hall–Kier alpha value is -2.11. The number of hydrogen-bond acceptors (Lipinski definition) is 9. The smallest absolute Gasteiger partial charge is 0.335 e. The fraction of sp³-hybridized carbons (Fsp3) is 0.462. The van der Waals surface area contributed by atoms with Gasteiger partial charge in [0, 0.05) is 0 Å². The highest BCUT2D eigenvalue weighted by Gasteiger charge is 2.45. The van der Waals surface area contributed by atoms with Crippen molar-refractivity contribution in [2.24, 2.45) is 0 Å². The van der Waals surface area contributed by atoms with E-state index in [9.17, 15) is 30.3 Å². The van der Waals surface area contributed by atoms with Crippen molar-refractivity contribution < 1.29 is 50.0 Å². The summed E-state index contributed by atoms with van der Waals surface area (Å²) >= 11 is 0. The molecule has 128 valence electrons. The number of aromatic carboxylic acids is 1. The van der Waals surface area contributed by atoms with Crippen LogP contribution >= 0.6 is 0 Å². The highest BCUT2D eigenvalue weighted by Crippen LogP contribution is 2.39. The van der Waals surface area contributed by atoms with E-state index in [0.29, 0.717) is 0 Å². The Morgan fingerprint density at radius 3 is 2.13 bits per heavy atom. The second-order valence-electron chi connectivity index (χ2n) is 4.96. The molecule has 10 nitrogen and oxygen atoms in total. The Balaban J connectivity index is 2.26. The van der Waals surface area contributed by atoms with Crippen LogP contribution in [0.15, 0.2) is 12.1 Å². The van der Waals surface area contributed by atoms with Crippen molar-refractivity contribution in [3.8, 4) is 17.2 Å². The van der Waals surface area contributed by atoms with Crippen LogP contribution in [0.2, 0.25) is 0 Å². The summed E-state index contributed by atoms with van der Waals surface area (Å²) in [5.41, 5.74) is -0.402. The molecule has 1 saturated heterocycles. The number of ether oxygens (including phenoxy) is 2. The summed E-state index contributed by atoms with van der Waals surface area (Å²) in [6.07, 6.45) is -7.90.